The molecule has 8 nitrogen and oxygen atoms in total. The van der Waals surface area contributed by atoms with Gasteiger partial charge in [0.2, 0.25) is 0 Å². The van der Waals surface area contributed by atoms with Crippen LogP contribution in [0.5, 0.6) is 0 Å². The molecule has 0 saturated carbocycles. The number of halogens is 1. The SMILES string of the molecule is NC1CCOCC1CNc1cnn(C2CCN(SNc3ccccc3)CC2)c(=O)c1Cl. The maximum Gasteiger partial charge on any atom is 0.287 e. The first-order valence-electron chi connectivity index (χ1n) is 10.7. The van der Waals surface area contributed by atoms with Crippen molar-refractivity contribution in [2.75, 3.05) is 42.9 Å². The lowest BCUT2D eigenvalue weighted by Crippen LogP contribution is -2.42. The van der Waals surface area contributed by atoms with Crippen LogP contribution in [0.25, 0.3) is 0 Å². The van der Waals surface area contributed by atoms with Gasteiger partial charge < -0.3 is 20.5 Å². The number of hydrogen-bond donors (Lipinski definition) is 3. The van der Waals surface area contributed by atoms with Gasteiger partial charge in [-0.25, -0.2) is 8.99 Å². The molecular weight excluding hydrogens is 436 g/mol. The van der Waals surface area contributed by atoms with Crippen LogP contribution in [0.2, 0.25) is 5.02 Å². The van der Waals surface area contributed by atoms with Gasteiger partial charge in [0.05, 0.1) is 24.5 Å². The minimum absolute atomic E-state index is 0.0489. The van der Waals surface area contributed by atoms with E-state index in [1.807, 2.05) is 30.3 Å². The van der Waals surface area contributed by atoms with Crippen molar-refractivity contribution >= 4 is 35.1 Å². The minimum atomic E-state index is -0.246. The van der Waals surface area contributed by atoms with Crippen molar-refractivity contribution in [1.82, 2.24) is 14.1 Å². The number of para-hydroxylation sites is 1. The second-order valence-corrected chi connectivity index (χ2v) is 9.29. The van der Waals surface area contributed by atoms with Crippen molar-refractivity contribution in [1.29, 1.82) is 0 Å². The molecule has 0 spiro atoms. The van der Waals surface area contributed by atoms with E-state index in [1.165, 1.54) is 4.68 Å². The van der Waals surface area contributed by atoms with Crippen LogP contribution in [-0.4, -0.2) is 53.0 Å². The molecular formula is C21H29ClN6O2S. The summed E-state index contributed by atoms with van der Waals surface area (Å²) >= 11 is 7.99. The summed E-state index contributed by atoms with van der Waals surface area (Å²) in [5.41, 5.74) is 7.54. The summed E-state index contributed by atoms with van der Waals surface area (Å²) < 4.78 is 12.7. The highest BCUT2D eigenvalue weighted by Gasteiger charge is 2.25. The third-order valence-corrected chi connectivity index (χ3v) is 7.18. The van der Waals surface area contributed by atoms with Gasteiger partial charge in [-0.05, 0) is 31.4 Å². The number of benzene rings is 1. The Morgan fingerprint density at radius 1 is 1.23 bits per heavy atom. The number of rotatable bonds is 7. The van der Waals surface area contributed by atoms with Gasteiger partial charge in [0.25, 0.3) is 5.56 Å². The average molecular weight is 465 g/mol. The fourth-order valence-corrected chi connectivity index (χ4v) is 4.86. The molecule has 4 rings (SSSR count). The minimum Gasteiger partial charge on any atom is -0.382 e. The Morgan fingerprint density at radius 3 is 2.74 bits per heavy atom. The lowest BCUT2D eigenvalue weighted by atomic mass is 9.97. The van der Waals surface area contributed by atoms with E-state index in [4.69, 9.17) is 22.1 Å². The summed E-state index contributed by atoms with van der Waals surface area (Å²) in [7, 11) is 0. The Bertz CT molecular complexity index is 906. The van der Waals surface area contributed by atoms with E-state index in [0.717, 1.165) is 38.0 Å². The zero-order valence-electron chi connectivity index (χ0n) is 17.4. The van der Waals surface area contributed by atoms with Gasteiger partial charge in [0.1, 0.15) is 5.02 Å². The van der Waals surface area contributed by atoms with Gasteiger partial charge in [0, 0.05) is 56.0 Å². The normalized spacial score (nSPS) is 22.9. The van der Waals surface area contributed by atoms with Crippen LogP contribution in [0.3, 0.4) is 0 Å². The number of aromatic nitrogens is 2. The summed E-state index contributed by atoms with van der Waals surface area (Å²) in [5.74, 6) is 0.193. The molecule has 10 heteroatoms. The van der Waals surface area contributed by atoms with E-state index in [0.29, 0.717) is 25.4 Å². The van der Waals surface area contributed by atoms with Gasteiger partial charge in [-0.1, -0.05) is 29.8 Å². The van der Waals surface area contributed by atoms with Crippen LogP contribution in [0.1, 0.15) is 25.3 Å². The molecule has 2 unspecified atom stereocenters. The van der Waals surface area contributed by atoms with E-state index in [2.05, 4.69) is 19.4 Å². The van der Waals surface area contributed by atoms with Crippen LogP contribution >= 0.6 is 23.7 Å². The van der Waals surface area contributed by atoms with Crippen molar-refractivity contribution < 1.29 is 4.74 Å². The molecule has 4 N–H and O–H groups in total. The van der Waals surface area contributed by atoms with Crippen molar-refractivity contribution in [2.45, 2.75) is 31.3 Å². The number of piperidine rings is 1. The molecule has 1 aromatic carbocycles. The van der Waals surface area contributed by atoms with Gasteiger partial charge in [-0.15, -0.1) is 0 Å². The molecule has 3 heterocycles. The summed E-state index contributed by atoms with van der Waals surface area (Å²) in [6.45, 7) is 3.65. The van der Waals surface area contributed by atoms with Crippen LogP contribution in [0.4, 0.5) is 11.4 Å². The number of nitrogens with zero attached hydrogens (tertiary/aromatic N) is 3. The monoisotopic (exact) mass is 464 g/mol. The van der Waals surface area contributed by atoms with E-state index in [-0.39, 0.29) is 28.6 Å². The van der Waals surface area contributed by atoms with E-state index in [9.17, 15) is 4.79 Å². The van der Waals surface area contributed by atoms with Crippen molar-refractivity contribution in [3.8, 4) is 0 Å². The van der Waals surface area contributed by atoms with Gasteiger partial charge in [0.15, 0.2) is 0 Å². The Balaban J connectivity index is 1.30. The van der Waals surface area contributed by atoms with Crippen molar-refractivity contribution in [3.05, 3.63) is 51.9 Å². The predicted octanol–water partition coefficient (Wildman–Crippen LogP) is 2.98. The topological polar surface area (TPSA) is 97.4 Å². The summed E-state index contributed by atoms with van der Waals surface area (Å²) in [6.07, 6.45) is 4.18. The van der Waals surface area contributed by atoms with E-state index in [1.54, 1.807) is 18.3 Å². The number of ether oxygens (including phenoxy) is 1. The zero-order valence-corrected chi connectivity index (χ0v) is 18.9. The first-order valence-corrected chi connectivity index (χ1v) is 11.8. The molecule has 31 heavy (non-hydrogen) atoms. The van der Waals surface area contributed by atoms with E-state index < -0.39 is 0 Å². The fraction of sp³-hybridized carbons (Fsp3) is 0.524. The molecule has 0 aliphatic carbocycles. The highest BCUT2D eigenvalue weighted by Crippen LogP contribution is 2.27. The molecule has 2 aromatic rings. The molecule has 2 aliphatic heterocycles. The molecule has 2 fully saturated rings. The molecule has 2 atom stereocenters. The van der Waals surface area contributed by atoms with E-state index >= 15 is 0 Å². The molecule has 2 aliphatic rings. The maximum absolute atomic E-state index is 12.8. The molecule has 0 radical (unpaired) electrons. The molecule has 0 bridgehead atoms. The summed E-state index contributed by atoms with van der Waals surface area (Å²) in [4.78, 5) is 12.8. The number of hydrogen-bond acceptors (Lipinski definition) is 8. The molecule has 168 valence electrons. The second-order valence-electron chi connectivity index (χ2n) is 8.01. The van der Waals surface area contributed by atoms with Crippen LogP contribution < -0.4 is 21.3 Å². The first kappa shape index (κ1) is 22.4. The molecule has 2 saturated heterocycles. The lowest BCUT2D eigenvalue weighted by Gasteiger charge is -2.31. The van der Waals surface area contributed by atoms with Gasteiger partial charge in [-0.3, -0.25) is 4.79 Å². The Kier molecular flexibility index (Phi) is 7.73. The van der Waals surface area contributed by atoms with Crippen LogP contribution in [0.15, 0.2) is 41.3 Å². The quantitative estimate of drug-likeness (QED) is 0.538. The fourth-order valence-electron chi connectivity index (χ4n) is 3.89. The zero-order chi connectivity index (χ0) is 21.6. The van der Waals surface area contributed by atoms with Crippen LogP contribution in [0, 0.1) is 5.92 Å². The third-order valence-electron chi connectivity index (χ3n) is 5.87. The van der Waals surface area contributed by atoms with Crippen LogP contribution in [-0.2, 0) is 4.74 Å². The lowest BCUT2D eigenvalue weighted by molar-refractivity contribution is 0.0469. The first-order chi connectivity index (χ1) is 15.1. The molecule has 1 aromatic heterocycles. The number of anilines is 2. The summed E-state index contributed by atoms with van der Waals surface area (Å²) in [6, 6.07) is 10.2. The smallest absolute Gasteiger partial charge is 0.287 e. The number of nitrogens with two attached hydrogens (primary N) is 1. The second kappa shape index (κ2) is 10.7. The Labute approximate surface area is 191 Å². The van der Waals surface area contributed by atoms with Gasteiger partial charge >= 0.3 is 0 Å². The van der Waals surface area contributed by atoms with Gasteiger partial charge in [-0.2, -0.15) is 5.10 Å². The Hall–Kier alpha value is -1.78. The Morgan fingerprint density at radius 2 is 2.00 bits per heavy atom. The molecule has 0 amide bonds. The maximum atomic E-state index is 12.8. The average Bonchev–Trinajstić information content (AvgIpc) is 2.81. The standard InChI is InChI=1S/C21H29ClN6O2S/c22-20-19(24-12-15-14-30-11-8-18(15)23)13-25-28(21(20)29)17-6-9-27(10-7-17)31-26-16-4-2-1-3-5-16/h1-5,13,15,17-18,24,26H,6-12,14,23H2. The summed E-state index contributed by atoms with van der Waals surface area (Å²) in [5, 5.41) is 7.84. The highest BCUT2D eigenvalue weighted by molar-refractivity contribution is 7.98. The predicted molar refractivity (Wildman–Crippen MR) is 126 cm³/mol. The largest absolute Gasteiger partial charge is 0.382 e. The van der Waals surface area contributed by atoms with Crippen molar-refractivity contribution in [3.63, 3.8) is 0 Å². The van der Waals surface area contributed by atoms with Crippen molar-refractivity contribution in [2.24, 2.45) is 11.7 Å². The number of nitrogens with one attached hydrogen (secondary N) is 2. The third kappa shape index (κ3) is 5.72. The highest BCUT2D eigenvalue weighted by atomic mass is 35.5.